The molecule has 2 aliphatic heterocycles. The number of sulfonamides is 1. The first-order valence-corrected chi connectivity index (χ1v) is 11.0. The number of β-amino-alcohol motifs (C(OH)–C–C–N with tert-alkyl or cyclic N) is 1. The number of primary sulfonamides is 1. The van der Waals surface area contributed by atoms with Crippen molar-refractivity contribution >= 4 is 16.0 Å². The van der Waals surface area contributed by atoms with E-state index < -0.39 is 10.0 Å². The summed E-state index contributed by atoms with van der Waals surface area (Å²) in [7, 11) is -3.92. The van der Waals surface area contributed by atoms with Crippen molar-refractivity contribution < 1.29 is 18.3 Å². The molecule has 2 aromatic rings. The summed E-state index contributed by atoms with van der Waals surface area (Å²) >= 11 is 0. The lowest BCUT2D eigenvalue weighted by atomic mass is 10.0. The Bertz CT molecular complexity index is 1090. The van der Waals surface area contributed by atoms with E-state index in [1.807, 2.05) is 17.9 Å². The summed E-state index contributed by atoms with van der Waals surface area (Å²) in [5.41, 5.74) is 4.38. The Balaban J connectivity index is 1.69. The zero-order valence-electron chi connectivity index (χ0n) is 15.6. The molecule has 3 N–H and O–H groups in total. The van der Waals surface area contributed by atoms with Gasteiger partial charge in [-0.3, -0.25) is 0 Å². The molecular formula is C19H22N4O4S. The number of fused-ring (bicyclic) bond motifs is 2. The number of hydrogen-bond donors (Lipinski definition) is 2. The summed E-state index contributed by atoms with van der Waals surface area (Å²) in [5.74, 6) is 0.944. The third-order valence-electron chi connectivity index (χ3n) is 5.94. The molecule has 0 amide bonds. The summed E-state index contributed by atoms with van der Waals surface area (Å²) in [6, 6.07) is 3.48. The number of hydrogen-bond acceptors (Lipinski definition) is 7. The number of aromatic nitrogens is 2. The van der Waals surface area contributed by atoms with E-state index in [1.165, 1.54) is 0 Å². The van der Waals surface area contributed by atoms with Gasteiger partial charge in [-0.25, -0.2) is 23.5 Å². The summed E-state index contributed by atoms with van der Waals surface area (Å²) in [4.78, 5) is 11.5. The highest BCUT2D eigenvalue weighted by molar-refractivity contribution is 7.89. The van der Waals surface area contributed by atoms with Crippen LogP contribution in [0.3, 0.4) is 0 Å². The van der Waals surface area contributed by atoms with E-state index in [0.717, 1.165) is 47.3 Å². The number of nitrogens with two attached hydrogens (primary N) is 1. The molecule has 5 rings (SSSR count). The Morgan fingerprint density at radius 3 is 2.79 bits per heavy atom. The molecule has 3 heterocycles. The maximum atomic E-state index is 12.1. The molecule has 28 heavy (non-hydrogen) atoms. The smallest absolute Gasteiger partial charge is 0.241 e. The van der Waals surface area contributed by atoms with Crippen molar-refractivity contribution in [3.05, 3.63) is 29.0 Å². The van der Waals surface area contributed by atoms with E-state index in [0.29, 0.717) is 31.3 Å². The van der Waals surface area contributed by atoms with Gasteiger partial charge in [0, 0.05) is 29.8 Å². The number of anilines is 1. The number of benzene rings is 1. The molecule has 0 bridgehead atoms. The molecule has 0 unspecified atom stereocenters. The van der Waals surface area contributed by atoms with Crippen LogP contribution < -0.4 is 14.8 Å². The number of rotatable bonds is 3. The summed E-state index contributed by atoms with van der Waals surface area (Å²) in [5, 5.41) is 15.3. The van der Waals surface area contributed by atoms with Crippen molar-refractivity contribution in [3.8, 4) is 17.0 Å². The summed E-state index contributed by atoms with van der Waals surface area (Å²) < 4.78 is 29.8. The number of nitrogens with zero attached hydrogens (tertiary/aromatic N) is 3. The van der Waals surface area contributed by atoms with Gasteiger partial charge in [0.25, 0.3) is 0 Å². The minimum absolute atomic E-state index is 0.0112. The topological polar surface area (TPSA) is 119 Å². The lowest BCUT2D eigenvalue weighted by Gasteiger charge is -2.43. The van der Waals surface area contributed by atoms with Gasteiger partial charge in [0.15, 0.2) is 0 Å². The summed E-state index contributed by atoms with van der Waals surface area (Å²) in [6.07, 6.45) is 2.99. The average Bonchev–Trinajstić information content (AvgIpc) is 3.31. The van der Waals surface area contributed by atoms with Crippen LogP contribution in [-0.2, 0) is 29.3 Å². The Kier molecular flexibility index (Phi) is 3.91. The molecule has 0 saturated carbocycles. The van der Waals surface area contributed by atoms with Crippen LogP contribution in [0.4, 0.5) is 5.95 Å². The van der Waals surface area contributed by atoms with Crippen molar-refractivity contribution in [2.24, 2.45) is 5.14 Å². The van der Waals surface area contributed by atoms with Crippen LogP contribution in [0.15, 0.2) is 17.0 Å². The number of ether oxygens (including phenoxy) is 1. The van der Waals surface area contributed by atoms with Gasteiger partial charge in [0.05, 0.1) is 24.4 Å². The Labute approximate surface area is 163 Å². The second-order valence-corrected chi connectivity index (χ2v) is 9.25. The molecule has 148 valence electrons. The molecule has 0 radical (unpaired) electrons. The maximum Gasteiger partial charge on any atom is 0.241 e. The Hall–Kier alpha value is -2.23. The fourth-order valence-corrected chi connectivity index (χ4v) is 5.00. The zero-order chi connectivity index (χ0) is 19.6. The SMILES string of the molecule is C[C@H]1[C@H](O)CN1c1nc2c(c(-c3cc4c(c(S(N)(=O)=O)c3)OCC4)n1)CCC2. The van der Waals surface area contributed by atoms with Crippen LogP contribution in [-0.4, -0.2) is 48.8 Å². The van der Waals surface area contributed by atoms with Crippen LogP contribution in [0.5, 0.6) is 5.75 Å². The Morgan fingerprint density at radius 2 is 2.07 bits per heavy atom. The lowest BCUT2D eigenvalue weighted by molar-refractivity contribution is 0.0979. The second-order valence-electron chi connectivity index (χ2n) is 7.72. The van der Waals surface area contributed by atoms with E-state index >= 15 is 0 Å². The zero-order valence-corrected chi connectivity index (χ0v) is 16.4. The first-order valence-electron chi connectivity index (χ1n) is 9.50. The molecule has 3 aliphatic rings. The summed E-state index contributed by atoms with van der Waals surface area (Å²) in [6.45, 7) is 2.88. The van der Waals surface area contributed by atoms with E-state index in [9.17, 15) is 13.5 Å². The molecule has 1 fully saturated rings. The van der Waals surface area contributed by atoms with Gasteiger partial charge >= 0.3 is 0 Å². The predicted octanol–water partition coefficient (Wildman–Crippen LogP) is 0.784. The maximum absolute atomic E-state index is 12.1. The average molecular weight is 402 g/mol. The second kappa shape index (κ2) is 6.13. The molecule has 1 aromatic carbocycles. The van der Waals surface area contributed by atoms with E-state index in [-0.39, 0.29) is 17.0 Å². The lowest BCUT2D eigenvalue weighted by Crippen LogP contribution is -2.59. The molecule has 1 aliphatic carbocycles. The standard InChI is InChI=1S/C19H22N4O4S/c1-10-15(24)9-23(10)19-21-14-4-2-3-13(14)17(22-19)12-7-11-5-6-27-18(11)16(8-12)28(20,25)26/h7-8,10,15,24H,2-6,9H2,1H3,(H2,20,25,26)/t10-,15+/m0/s1. The highest BCUT2D eigenvalue weighted by atomic mass is 32.2. The molecular weight excluding hydrogens is 380 g/mol. The fraction of sp³-hybridized carbons (Fsp3) is 0.474. The van der Waals surface area contributed by atoms with E-state index in [4.69, 9.17) is 19.8 Å². The van der Waals surface area contributed by atoms with Gasteiger partial charge in [-0.15, -0.1) is 0 Å². The quantitative estimate of drug-likeness (QED) is 0.779. The number of aliphatic hydroxyl groups excluding tert-OH is 1. The third kappa shape index (κ3) is 2.68. The van der Waals surface area contributed by atoms with Crippen LogP contribution in [0.25, 0.3) is 11.3 Å². The normalized spacial score (nSPS) is 23.2. The van der Waals surface area contributed by atoms with E-state index in [1.54, 1.807) is 6.07 Å². The minimum atomic E-state index is -3.92. The van der Waals surface area contributed by atoms with Gasteiger partial charge in [-0.2, -0.15) is 0 Å². The van der Waals surface area contributed by atoms with Crippen molar-refractivity contribution in [2.45, 2.75) is 49.6 Å². The van der Waals surface area contributed by atoms with Crippen molar-refractivity contribution in [1.82, 2.24) is 9.97 Å². The van der Waals surface area contributed by atoms with Gasteiger partial charge in [-0.1, -0.05) is 0 Å². The molecule has 1 saturated heterocycles. The van der Waals surface area contributed by atoms with Gasteiger partial charge in [0.1, 0.15) is 10.6 Å². The van der Waals surface area contributed by atoms with Crippen LogP contribution >= 0.6 is 0 Å². The highest BCUT2D eigenvalue weighted by Gasteiger charge is 2.37. The van der Waals surface area contributed by atoms with Gasteiger partial charge < -0.3 is 14.7 Å². The fourth-order valence-electron chi connectivity index (χ4n) is 4.26. The largest absolute Gasteiger partial charge is 0.492 e. The minimum Gasteiger partial charge on any atom is -0.492 e. The van der Waals surface area contributed by atoms with Crippen molar-refractivity contribution in [3.63, 3.8) is 0 Å². The highest BCUT2D eigenvalue weighted by Crippen LogP contribution is 2.39. The van der Waals surface area contributed by atoms with Crippen molar-refractivity contribution in [2.75, 3.05) is 18.1 Å². The Morgan fingerprint density at radius 1 is 1.25 bits per heavy atom. The first kappa shape index (κ1) is 17.8. The molecule has 0 spiro atoms. The van der Waals surface area contributed by atoms with Gasteiger partial charge in [0.2, 0.25) is 16.0 Å². The molecule has 1 aromatic heterocycles. The first-order chi connectivity index (χ1) is 13.3. The number of aryl methyl sites for hydroxylation is 1. The molecule has 9 heteroatoms. The third-order valence-corrected chi connectivity index (χ3v) is 6.86. The van der Waals surface area contributed by atoms with Crippen LogP contribution in [0.1, 0.15) is 30.2 Å². The van der Waals surface area contributed by atoms with Crippen molar-refractivity contribution in [1.29, 1.82) is 0 Å². The monoisotopic (exact) mass is 402 g/mol. The molecule has 2 atom stereocenters. The predicted molar refractivity (Wildman–Crippen MR) is 103 cm³/mol. The number of aliphatic hydroxyl groups is 1. The van der Waals surface area contributed by atoms with Crippen LogP contribution in [0, 0.1) is 0 Å². The molecule has 8 nitrogen and oxygen atoms in total. The van der Waals surface area contributed by atoms with Crippen LogP contribution in [0.2, 0.25) is 0 Å². The van der Waals surface area contributed by atoms with E-state index in [2.05, 4.69) is 0 Å². The van der Waals surface area contributed by atoms with Gasteiger partial charge in [-0.05, 0) is 43.9 Å².